The number of cyclic esters (lactones) is 2. The van der Waals surface area contributed by atoms with Gasteiger partial charge in [-0.1, -0.05) is 0 Å². The minimum absolute atomic E-state index is 0.0109. The number of aromatic nitrogens is 4. The van der Waals surface area contributed by atoms with Crippen molar-refractivity contribution in [2.75, 3.05) is 0 Å². The van der Waals surface area contributed by atoms with E-state index < -0.39 is 16.9 Å². The molecule has 0 spiro atoms. The van der Waals surface area contributed by atoms with Crippen molar-refractivity contribution in [2.45, 2.75) is 10.1 Å². The van der Waals surface area contributed by atoms with Gasteiger partial charge in [0.15, 0.2) is 0 Å². The monoisotopic (exact) mass is 307 g/mol. The summed E-state index contributed by atoms with van der Waals surface area (Å²) < 4.78 is 5.75. The molecule has 3 rings (SSSR count). The molecule has 0 radical (unpaired) electrons. The predicted molar refractivity (Wildman–Crippen MR) is 65.8 cm³/mol. The van der Waals surface area contributed by atoms with Gasteiger partial charge in [0.1, 0.15) is 0 Å². The van der Waals surface area contributed by atoms with E-state index in [1.54, 1.807) is 7.05 Å². The van der Waals surface area contributed by atoms with Crippen molar-refractivity contribution in [1.82, 2.24) is 20.2 Å². The number of nitrogens with zero attached hydrogens (tertiary/aromatic N) is 5. The summed E-state index contributed by atoms with van der Waals surface area (Å²) in [5.41, 5.74) is -0.455. The molecule has 0 saturated carbocycles. The third-order valence-corrected chi connectivity index (χ3v) is 3.78. The number of rotatable bonds is 3. The molecular weight excluding hydrogens is 302 g/mol. The fourth-order valence-electron chi connectivity index (χ4n) is 1.73. The van der Waals surface area contributed by atoms with Crippen LogP contribution in [0.1, 0.15) is 20.7 Å². The molecule has 11 heteroatoms. The molecule has 1 aromatic carbocycles. The number of aryl methyl sites for hydroxylation is 1. The average Bonchev–Trinajstić information content (AvgIpc) is 2.94. The van der Waals surface area contributed by atoms with Gasteiger partial charge in [-0.15, -0.1) is 5.10 Å². The zero-order valence-electron chi connectivity index (χ0n) is 10.3. The Hall–Kier alpha value is -2.82. The van der Waals surface area contributed by atoms with E-state index in [2.05, 4.69) is 20.3 Å². The zero-order valence-corrected chi connectivity index (χ0v) is 11.2. The van der Waals surface area contributed by atoms with E-state index in [4.69, 9.17) is 0 Å². The molecule has 0 N–H and O–H groups in total. The normalized spacial score (nSPS) is 13.2. The van der Waals surface area contributed by atoms with Gasteiger partial charge in [0, 0.05) is 13.1 Å². The largest absolute Gasteiger partial charge is 0.386 e. The van der Waals surface area contributed by atoms with Crippen LogP contribution in [-0.4, -0.2) is 37.1 Å². The maximum Gasteiger partial charge on any atom is 0.347 e. The van der Waals surface area contributed by atoms with E-state index in [9.17, 15) is 19.7 Å². The quantitative estimate of drug-likeness (QED) is 0.346. The lowest BCUT2D eigenvalue weighted by molar-refractivity contribution is -0.387. The number of fused-ring (bicyclic) bond motifs is 1. The Labute approximate surface area is 120 Å². The number of esters is 2. The first-order valence-electron chi connectivity index (χ1n) is 5.46. The molecule has 10 nitrogen and oxygen atoms in total. The molecule has 2 aromatic rings. The molecule has 1 aromatic heterocycles. The molecule has 0 aliphatic carbocycles. The van der Waals surface area contributed by atoms with Crippen LogP contribution in [0.25, 0.3) is 0 Å². The lowest BCUT2D eigenvalue weighted by Gasteiger charge is -2.02. The third-order valence-electron chi connectivity index (χ3n) is 2.70. The van der Waals surface area contributed by atoms with Crippen LogP contribution in [0.15, 0.2) is 22.2 Å². The lowest BCUT2D eigenvalue weighted by atomic mass is 10.1. The molecule has 0 unspecified atom stereocenters. The smallest absolute Gasteiger partial charge is 0.347 e. The molecule has 21 heavy (non-hydrogen) atoms. The molecular formula is C10H5N5O5S. The third kappa shape index (κ3) is 2.12. The summed E-state index contributed by atoms with van der Waals surface area (Å²) in [5, 5.41) is 22.1. The standard InChI is InChI=1S/C10H5N5O5S/c1-14-10(11-12-13-14)21-7-3-5-4(2-6(7)15(18)19)8(16)20-9(5)17/h2-3H,1H3. The van der Waals surface area contributed by atoms with Crippen molar-refractivity contribution in [3.63, 3.8) is 0 Å². The summed E-state index contributed by atoms with van der Waals surface area (Å²) in [7, 11) is 1.57. The molecule has 1 aliphatic rings. The predicted octanol–water partition coefficient (Wildman–Crippen LogP) is 0.580. The highest BCUT2D eigenvalue weighted by atomic mass is 32.2. The van der Waals surface area contributed by atoms with E-state index in [-0.39, 0.29) is 21.7 Å². The lowest BCUT2D eigenvalue weighted by Crippen LogP contribution is -1.99. The van der Waals surface area contributed by atoms with Gasteiger partial charge in [0.2, 0.25) is 5.16 Å². The fourth-order valence-corrected chi connectivity index (χ4v) is 2.59. The first-order chi connectivity index (χ1) is 9.97. The summed E-state index contributed by atoms with van der Waals surface area (Å²) in [4.78, 5) is 33.5. The van der Waals surface area contributed by atoms with Gasteiger partial charge in [0.05, 0.1) is 20.9 Å². The number of tetrazole rings is 1. The molecule has 0 fully saturated rings. The first kappa shape index (κ1) is 13.2. The van der Waals surface area contributed by atoms with Crippen LogP contribution in [0.5, 0.6) is 0 Å². The van der Waals surface area contributed by atoms with Crippen molar-refractivity contribution >= 4 is 29.4 Å². The number of hydrogen-bond donors (Lipinski definition) is 0. The molecule has 106 valence electrons. The Morgan fingerprint density at radius 1 is 1.29 bits per heavy atom. The van der Waals surface area contributed by atoms with E-state index in [1.807, 2.05) is 0 Å². The Morgan fingerprint density at radius 2 is 1.95 bits per heavy atom. The van der Waals surface area contributed by atoms with Gasteiger partial charge >= 0.3 is 11.9 Å². The second kappa shape index (κ2) is 4.63. The molecule has 0 bridgehead atoms. The van der Waals surface area contributed by atoms with E-state index in [1.165, 1.54) is 10.7 Å². The van der Waals surface area contributed by atoms with Gasteiger partial charge in [-0.05, 0) is 28.3 Å². The summed E-state index contributed by atoms with van der Waals surface area (Å²) in [6.07, 6.45) is 0. The first-order valence-corrected chi connectivity index (χ1v) is 6.28. The van der Waals surface area contributed by atoms with Gasteiger partial charge in [-0.25, -0.2) is 14.3 Å². The van der Waals surface area contributed by atoms with Crippen LogP contribution < -0.4 is 0 Å². The van der Waals surface area contributed by atoms with Crippen LogP contribution in [0, 0.1) is 10.1 Å². The minimum Gasteiger partial charge on any atom is -0.386 e. The summed E-state index contributed by atoms with van der Waals surface area (Å²) in [5.74, 6) is -1.72. The Kier molecular flexibility index (Phi) is 2.90. The van der Waals surface area contributed by atoms with Gasteiger partial charge in [-0.2, -0.15) is 0 Å². The summed E-state index contributed by atoms with van der Waals surface area (Å²) in [6, 6.07) is 2.26. The van der Waals surface area contributed by atoms with Crippen molar-refractivity contribution in [1.29, 1.82) is 0 Å². The zero-order chi connectivity index (χ0) is 15.1. The molecule has 1 aliphatic heterocycles. The summed E-state index contributed by atoms with van der Waals surface area (Å²) in [6.45, 7) is 0. The van der Waals surface area contributed by atoms with Crippen molar-refractivity contribution < 1.29 is 19.2 Å². The fraction of sp³-hybridized carbons (Fsp3) is 0.100. The average molecular weight is 307 g/mol. The topological polar surface area (TPSA) is 130 Å². The molecule has 2 heterocycles. The van der Waals surface area contributed by atoms with Gasteiger partial charge < -0.3 is 4.74 Å². The number of carbonyl (C=O) groups is 2. The van der Waals surface area contributed by atoms with Gasteiger partial charge in [0.25, 0.3) is 5.69 Å². The van der Waals surface area contributed by atoms with E-state index >= 15 is 0 Å². The van der Waals surface area contributed by atoms with Crippen molar-refractivity contribution in [3.8, 4) is 0 Å². The van der Waals surface area contributed by atoms with Crippen LogP contribution in [0.4, 0.5) is 5.69 Å². The number of ether oxygens (including phenoxy) is 1. The maximum atomic E-state index is 11.5. The second-order valence-electron chi connectivity index (χ2n) is 3.99. The van der Waals surface area contributed by atoms with Crippen LogP contribution >= 0.6 is 11.8 Å². The minimum atomic E-state index is -0.894. The maximum absolute atomic E-state index is 11.5. The Morgan fingerprint density at radius 3 is 2.52 bits per heavy atom. The highest BCUT2D eigenvalue weighted by molar-refractivity contribution is 7.99. The Bertz CT molecular complexity index is 801. The highest BCUT2D eigenvalue weighted by Crippen LogP contribution is 2.37. The van der Waals surface area contributed by atoms with Crippen molar-refractivity contribution in [3.05, 3.63) is 33.4 Å². The number of nitro groups is 1. The van der Waals surface area contributed by atoms with E-state index in [0.29, 0.717) is 5.16 Å². The number of carbonyl (C=O) groups excluding carboxylic acids is 2. The number of benzene rings is 1. The molecule has 0 amide bonds. The number of hydrogen-bond acceptors (Lipinski definition) is 9. The SMILES string of the molecule is Cn1nnnc1Sc1cc2c(cc1[N+](=O)[O-])C(=O)OC2=O. The van der Waals surface area contributed by atoms with Crippen molar-refractivity contribution in [2.24, 2.45) is 7.05 Å². The molecule has 0 atom stereocenters. The summed E-state index contributed by atoms with van der Waals surface area (Å²) >= 11 is 0.911. The van der Waals surface area contributed by atoms with Crippen LogP contribution in [0.3, 0.4) is 0 Å². The second-order valence-corrected chi connectivity index (χ2v) is 5.00. The molecule has 0 saturated heterocycles. The highest BCUT2D eigenvalue weighted by Gasteiger charge is 2.34. The van der Waals surface area contributed by atoms with Gasteiger partial charge in [-0.3, -0.25) is 10.1 Å². The number of nitro benzene ring substituents is 1. The van der Waals surface area contributed by atoms with E-state index in [0.717, 1.165) is 17.8 Å². The Balaban J connectivity index is 2.13. The van der Waals surface area contributed by atoms with Crippen LogP contribution in [0.2, 0.25) is 0 Å². The van der Waals surface area contributed by atoms with Crippen LogP contribution in [-0.2, 0) is 11.8 Å².